The van der Waals surface area contributed by atoms with Crippen molar-refractivity contribution in [1.29, 1.82) is 0 Å². The van der Waals surface area contributed by atoms with Gasteiger partial charge < -0.3 is 0 Å². The molecule has 0 amide bonds. The topological polar surface area (TPSA) is 9.23 Å². The standard InChI is InChI=1S/C10H17F3O/c1-7(2)8-4-3-5-9(6-8)14-10(11,12)13/h7-9H,3-6H2,1-2H3. The monoisotopic (exact) mass is 210 g/mol. The first-order valence-electron chi connectivity index (χ1n) is 5.13. The van der Waals surface area contributed by atoms with Gasteiger partial charge in [-0.05, 0) is 24.7 Å². The first kappa shape index (κ1) is 11.8. The molecular weight excluding hydrogens is 193 g/mol. The van der Waals surface area contributed by atoms with Crippen molar-refractivity contribution in [3.63, 3.8) is 0 Å². The SMILES string of the molecule is CC(C)C1CCCC(OC(F)(F)F)C1. The van der Waals surface area contributed by atoms with Crippen LogP contribution in [0.5, 0.6) is 0 Å². The second-order valence-corrected chi connectivity index (χ2v) is 4.36. The zero-order chi connectivity index (χ0) is 10.8. The van der Waals surface area contributed by atoms with Crippen molar-refractivity contribution < 1.29 is 17.9 Å². The maximum atomic E-state index is 11.9. The van der Waals surface area contributed by atoms with Crippen molar-refractivity contribution in [3.05, 3.63) is 0 Å². The van der Waals surface area contributed by atoms with Gasteiger partial charge in [0.15, 0.2) is 0 Å². The van der Waals surface area contributed by atoms with Crippen LogP contribution in [0.25, 0.3) is 0 Å². The largest absolute Gasteiger partial charge is 0.522 e. The zero-order valence-electron chi connectivity index (χ0n) is 8.60. The van der Waals surface area contributed by atoms with Crippen LogP contribution in [0.3, 0.4) is 0 Å². The summed E-state index contributed by atoms with van der Waals surface area (Å²) in [6, 6.07) is 0. The number of halogens is 3. The molecule has 1 aliphatic rings. The summed E-state index contributed by atoms with van der Waals surface area (Å²) >= 11 is 0. The fourth-order valence-corrected chi connectivity index (χ4v) is 2.08. The number of rotatable bonds is 2. The molecule has 0 N–H and O–H groups in total. The van der Waals surface area contributed by atoms with E-state index in [4.69, 9.17) is 0 Å². The predicted octanol–water partition coefficient (Wildman–Crippen LogP) is 3.74. The quantitative estimate of drug-likeness (QED) is 0.674. The summed E-state index contributed by atoms with van der Waals surface area (Å²) in [6.07, 6.45) is -2.10. The maximum absolute atomic E-state index is 11.9. The Hall–Kier alpha value is -0.250. The van der Waals surface area contributed by atoms with E-state index < -0.39 is 12.5 Å². The lowest BCUT2D eigenvalue weighted by Crippen LogP contribution is -2.30. The highest BCUT2D eigenvalue weighted by Crippen LogP contribution is 2.34. The highest BCUT2D eigenvalue weighted by molar-refractivity contribution is 4.75. The summed E-state index contributed by atoms with van der Waals surface area (Å²) in [6.45, 7) is 4.11. The molecule has 1 rings (SSSR count). The predicted molar refractivity (Wildman–Crippen MR) is 47.7 cm³/mol. The van der Waals surface area contributed by atoms with E-state index in [9.17, 15) is 13.2 Å². The number of hydrogen-bond acceptors (Lipinski definition) is 1. The van der Waals surface area contributed by atoms with Gasteiger partial charge in [0.1, 0.15) is 0 Å². The Balaban J connectivity index is 2.40. The fraction of sp³-hybridized carbons (Fsp3) is 1.00. The lowest BCUT2D eigenvalue weighted by molar-refractivity contribution is -0.346. The fourth-order valence-electron chi connectivity index (χ4n) is 2.08. The Morgan fingerprint density at radius 2 is 1.86 bits per heavy atom. The molecule has 2 unspecified atom stereocenters. The Morgan fingerprint density at radius 3 is 2.36 bits per heavy atom. The molecule has 0 bridgehead atoms. The summed E-state index contributed by atoms with van der Waals surface area (Å²) in [5.41, 5.74) is 0. The molecule has 1 fully saturated rings. The molecule has 0 spiro atoms. The van der Waals surface area contributed by atoms with Crippen LogP contribution >= 0.6 is 0 Å². The van der Waals surface area contributed by atoms with E-state index in [1.54, 1.807) is 0 Å². The molecule has 2 atom stereocenters. The molecule has 1 saturated carbocycles. The molecule has 0 radical (unpaired) electrons. The highest BCUT2D eigenvalue weighted by Gasteiger charge is 2.36. The van der Waals surface area contributed by atoms with E-state index in [0.717, 1.165) is 12.8 Å². The van der Waals surface area contributed by atoms with E-state index >= 15 is 0 Å². The second kappa shape index (κ2) is 4.51. The summed E-state index contributed by atoms with van der Waals surface area (Å²) in [5, 5.41) is 0. The number of alkyl halides is 3. The molecule has 84 valence electrons. The van der Waals surface area contributed by atoms with E-state index in [-0.39, 0.29) is 0 Å². The van der Waals surface area contributed by atoms with Gasteiger partial charge >= 0.3 is 6.36 Å². The molecular formula is C10H17F3O. The maximum Gasteiger partial charge on any atom is 0.522 e. The minimum absolute atomic E-state index is 0.385. The lowest BCUT2D eigenvalue weighted by atomic mass is 9.80. The summed E-state index contributed by atoms with van der Waals surface area (Å²) in [4.78, 5) is 0. The molecule has 1 nitrogen and oxygen atoms in total. The first-order valence-corrected chi connectivity index (χ1v) is 5.13. The van der Waals surface area contributed by atoms with Gasteiger partial charge in [-0.1, -0.05) is 26.7 Å². The van der Waals surface area contributed by atoms with E-state index in [0.29, 0.717) is 24.7 Å². The van der Waals surface area contributed by atoms with Gasteiger partial charge in [0.05, 0.1) is 6.10 Å². The van der Waals surface area contributed by atoms with Crippen molar-refractivity contribution in [2.24, 2.45) is 11.8 Å². The van der Waals surface area contributed by atoms with Crippen LogP contribution in [-0.4, -0.2) is 12.5 Å². The minimum Gasteiger partial charge on any atom is -0.289 e. The van der Waals surface area contributed by atoms with Crippen LogP contribution in [0.4, 0.5) is 13.2 Å². The van der Waals surface area contributed by atoms with Gasteiger partial charge in [-0.25, -0.2) is 0 Å². The third-order valence-electron chi connectivity index (χ3n) is 2.91. The average molecular weight is 210 g/mol. The Bertz CT molecular complexity index is 177. The van der Waals surface area contributed by atoms with Crippen LogP contribution in [-0.2, 0) is 4.74 Å². The van der Waals surface area contributed by atoms with Crippen molar-refractivity contribution in [2.45, 2.75) is 52.0 Å². The van der Waals surface area contributed by atoms with Crippen molar-refractivity contribution in [3.8, 4) is 0 Å². The number of ether oxygens (including phenoxy) is 1. The molecule has 14 heavy (non-hydrogen) atoms. The van der Waals surface area contributed by atoms with Gasteiger partial charge in [-0.2, -0.15) is 0 Å². The minimum atomic E-state index is -4.47. The Kier molecular flexibility index (Phi) is 3.81. The van der Waals surface area contributed by atoms with Crippen molar-refractivity contribution >= 4 is 0 Å². The van der Waals surface area contributed by atoms with Gasteiger partial charge in [0.25, 0.3) is 0 Å². The molecule has 0 aliphatic heterocycles. The van der Waals surface area contributed by atoms with Gasteiger partial charge in [0.2, 0.25) is 0 Å². The van der Waals surface area contributed by atoms with Crippen LogP contribution in [0.2, 0.25) is 0 Å². The van der Waals surface area contributed by atoms with Crippen LogP contribution < -0.4 is 0 Å². The number of hydrogen-bond donors (Lipinski definition) is 0. The zero-order valence-corrected chi connectivity index (χ0v) is 8.60. The van der Waals surface area contributed by atoms with Gasteiger partial charge in [-0.3, -0.25) is 4.74 Å². The molecule has 0 aromatic heterocycles. The van der Waals surface area contributed by atoms with E-state index in [1.165, 1.54) is 0 Å². The molecule has 0 aromatic carbocycles. The normalized spacial score (nSPS) is 29.6. The highest BCUT2D eigenvalue weighted by atomic mass is 19.4. The lowest BCUT2D eigenvalue weighted by Gasteiger charge is -2.31. The molecule has 0 saturated heterocycles. The summed E-state index contributed by atoms with van der Waals surface area (Å²) in [7, 11) is 0. The van der Waals surface area contributed by atoms with Crippen molar-refractivity contribution in [1.82, 2.24) is 0 Å². The average Bonchev–Trinajstić information content (AvgIpc) is 2.01. The third kappa shape index (κ3) is 3.86. The molecule has 1 aliphatic carbocycles. The smallest absolute Gasteiger partial charge is 0.289 e. The molecule has 0 heterocycles. The Labute approximate surface area is 82.6 Å². The molecule has 0 aromatic rings. The van der Waals surface area contributed by atoms with Gasteiger partial charge in [-0.15, -0.1) is 13.2 Å². The van der Waals surface area contributed by atoms with Crippen LogP contribution in [0.1, 0.15) is 39.5 Å². The van der Waals surface area contributed by atoms with E-state index in [2.05, 4.69) is 18.6 Å². The Morgan fingerprint density at radius 1 is 1.21 bits per heavy atom. The van der Waals surface area contributed by atoms with Gasteiger partial charge in [0, 0.05) is 0 Å². The second-order valence-electron chi connectivity index (χ2n) is 4.36. The third-order valence-corrected chi connectivity index (χ3v) is 2.91. The van der Waals surface area contributed by atoms with Crippen LogP contribution in [0, 0.1) is 11.8 Å². The first-order chi connectivity index (χ1) is 6.38. The van der Waals surface area contributed by atoms with E-state index in [1.807, 2.05) is 0 Å². The van der Waals surface area contributed by atoms with Crippen LogP contribution in [0.15, 0.2) is 0 Å². The van der Waals surface area contributed by atoms with Crippen molar-refractivity contribution in [2.75, 3.05) is 0 Å². The summed E-state index contributed by atoms with van der Waals surface area (Å²) < 4.78 is 39.9. The molecule has 4 heteroatoms. The summed E-state index contributed by atoms with van der Waals surface area (Å²) in [5.74, 6) is 0.839.